The van der Waals surface area contributed by atoms with Gasteiger partial charge >= 0.3 is 23.9 Å². The molecule has 0 aliphatic heterocycles. The van der Waals surface area contributed by atoms with E-state index in [0.717, 1.165) is 51.4 Å². The fourth-order valence-electron chi connectivity index (χ4n) is 3.88. The molecule has 0 aromatic carbocycles. The predicted molar refractivity (Wildman–Crippen MR) is 79.9 cm³/mol. The minimum Gasteiger partial charge on any atom is -0.393 e. The highest BCUT2D eigenvalue weighted by Gasteiger charge is 2.42. The van der Waals surface area contributed by atoms with Crippen LogP contribution < -0.4 is 0 Å². The van der Waals surface area contributed by atoms with Gasteiger partial charge in [0, 0.05) is 13.8 Å². The van der Waals surface area contributed by atoms with Gasteiger partial charge in [0.05, 0.1) is 11.8 Å². The lowest BCUT2D eigenvalue weighted by Gasteiger charge is -2.43. The summed E-state index contributed by atoms with van der Waals surface area (Å²) in [6.45, 7) is 2.48. The van der Waals surface area contributed by atoms with Crippen LogP contribution in [0.1, 0.15) is 65.2 Å². The van der Waals surface area contributed by atoms with Crippen LogP contribution >= 0.6 is 0 Å². The first kappa shape index (κ1) is 17.6. The van der Waals surface area contributed by atoms with Crippen molar-refractivity contribution in [2.24, 2.45) is 17.3 Å². The maximum atomic E-state index is 11.8. The molecule has 1 spiro atoms. The summed E-state index contributed by atoms with van der Waals surface area (Å²) in [4.78, 5) is 45.3. The largest absolute Gasteiger partial charge is 0.393 e. The zero-order chi connectivity index (χ0) is 17.0. The van der Waals surface area contributed by atoms with Crippen molar-refractivity contribution in [3.05, 3.63) is 0 Å². The number of carbonyl (C=O) groups is 4. The van der Waals surface area contributed by atoms with Gasteiger partial charge in [0.1, 0.15) is 0 Å². The summed E-state index contributed by atoms with van der Waals surface area (Å²) in [6, 6.07) is 0. The van der Waals surface area contributed by atoms with Crippen molar-refractivity contribution in [1.82, 2.24) is 0 Å². The van der Waals surface area contributed by atoms with Gasteiger partial charge in [-0.2, -0.15) is 0 Å². The molecule has 0 bridgehead atoms. The highest BCUT2D eigenvalue weighted by atomic mass is 16.6. The molecule has 2 aliphatic carbocycles. The molecular formula is C17H24O6. The highest BCUT2D eigenvalue weighted by Crippen LogP contribution is 2.50. The first-order valence-corrected chi connectivity index (χ1v) is 8.26. The molecule has 0 amide bonds. The second kappa shape index (κ2) is 7.23. The zero-order valence-corrected chi connectivity index (χ0v) is 13.8. The van der Waals surface area contributed by atoms with Crippen LogP contribution in [0, 0.1) is 17.3 Å². The SMILES string of the molecule is CC(=O)OC(=O)C1CCC2(CC1)CCC(C(=O)OC(C)=O)CC2. The third-order valence-electron chi connectivity index (χ3n) is 5.25. The van der Waals surface area contributed by atoms with Crippen LogP contribution in [0.25, 0.3) is 0 Å². The third kappa shape index (κ3) is 4.62. The van der Waals surface area contributed by atoms with E-state index in [2.05, 4.69) is 9.47 Å². The lowest BCUT2D eigenvalue weighted by Crippen LogP contribution is -2.36. The van der Waals surface area contributed by atoms with E-state index in [1.54, 1.807) is 0 Å². The van der Waals surface area contributed by atoms with Gasteiger partial charge in [-0.25, -0.2) is 0 Å². The molecule has 128 valence electrons. The van der Waals surface area contributed by atoms with Gasteiger partial charge in [0.15, 0.2) is 0 Å². The summed E-state index contributed by atoms with van der Waals surface area (Å²) in [5, 5.41) is 0. The second-order valence-electron chi connectivity index (χ2n) is 6.87. The van der Waals surface area contributed by atoms with E-state index in [4.69, 9.17) is 0 Å². The fraction of sp³-hybridized carbons (Fsp3) is 0.765. The van der Waals surface area contributed by atoms with Gasteiger partial charge in [0.25, 0.3) is 0 Å². The van der Waals surface area contributed by atoms with E-state index in [9.17, 15) is 19.2 Å². The van der Waals surface area contributed by atoms with Gasteiger partial charge in [-0.15, -0.1) is 0 Å². The van der Waals surface area contributed by atoms with Crippen LogP contribution in [0.15, 0.2) is 0 Å². The Morgan fingerprint density at radius 2 is 1.00 bits per heavy atom. The molecule has 2 aliphatic rings. The summed E-state index contributed by atoms with van der Waals surface area (Å²) in [5.41, 5.74) is 0.181. The van der Waals surface area contributed by atoms with Gasteiger partial charge in [-0.05, 0) is 56.8 Å². The van der Waals surface area contributed by atoms with E-state index in [0.29, 0.717) is 0 Å². The summed E-state index contributed by atoms with van der Waals surface area (Å²) < 4.78 is 9.36. The summed E-state index contributed by atoms with van der Waals surface area (Å²) in [5.74, 6) is -2.31. The minimum absolute atomic E-state index is 0.181. The quantitative estimate of drug-likeness (QED) is 0.573. The predicted octanol–water partition coefficient (Wildman–Crippen LogP) is 2.53. The lowest BCUT2D eigenvalue weighted by molar-refractivity contribution is -0.163. The van der Waals surface area contributed by atoms with Gasteiger partial charge in [-0.3, -0.25) is 19.2 Å². The molecule has 0 saturated heterocycles. The van der Waals surface area contributed by atoms with Crippen LogP contribution in [0.4, 0.5) is 0 Å². The Kier molecular flexibility index (Phi) is 5.55. The van der Waals surface area contributed by atoms with Crippen molar-refractivity contribution in [1.29, 1.82) is 0 Å². The first-order chi connectivity index (χ1) is 10.8. The van der Waals surface area contributed by atoms with E-state index in [-0.39, 0.29) is 17.3 Å². The molecule has 23 heavy (non-hydrogen) atoms. The van der Waals surface area contributed by atoms with E-state index < -0.39 is 23.9 Å². The molecule has 6 heteroatoms. The number of hydrogen-bond donors (Lipinski definition) is 0. The Morgan fingerprint density at radius 3 is 1.26 bits per heavy atom. The molecule has 2 rings (SSSR count). The van der Waals surface area contributed by atoms with Crippen molar-refractivity contribution in [2.45, 2.75) is 65.2 Å². The van der Waals surface area contributed by atoms with Crippen LogP contribution in [0.5, 0.6) is 0 Å². The monoisotopic (exact) mass is 324 g/mol. The van der Waals surface area contributed by atoms with Crippen molar-refractivity contribution < 1.29 is 28.7 Å². The number of rotatable bonds is 2. The van der Waals surface area contributed by atoms with Gasteiger partial charge in [-0.1, -0.05) is 0 Å². The van der Waals surface area contributed by atoms with E-state index >= 15 is 0 Å². The molecule has 0 aromatic heterocycles. The van der Waals surface area contributed by atoms with Gasteiger partial charge < -0.3 is 9.47 Å². The second-order valence-corrected chi connectivity index (χ2v) is 6.87. The van der Waals surface area contributed by atoms with E-state index in [1.165, 1.54) is 13.8 Å². The number of esters is 4. The zero-order valence-electron chi connectivity index (χ0n) is 13.8. The standard InChI is InChI=1S/C17H24O6/c1-11(18)22-15(20)13-3-7-17(8-4-13)9-5-14(6-10-17)16(21)23-12(2)19/h13-14H,3-10H2,1-2H3. The van der Waals surface area contributed by atoms with Crippen LogP contribution in [0.2, 0.25) is 0 Å². The summed E-state index contributed by atoms with van der Waals surface area (Å²) in [6.07, 6.45) is 6.59. The van der Waals surface area contributed by atoms with Crippen LogP contribution in [-0.2, 0) is 28.7 Å². The maximum absolute atomic E-state index is 11.8. The van der Waals surface area contributed by atoms with E-state index in [1.807, 2.05) is 0 Å². The number of carbonyl (C=O) groups excluding carboxylic acids is 4. The molecule has 2 saturated carbocycles. The van der Waals surface area contributed by atoms with Crippen molar-refractivity contribution in [2.75, 3.05) is 0 Å². The average Bonchev–Trinajstić information content (AvgIpc) is 2.47. The Morgan fingerprint density at radius 1 is 0.696 bits per heavy atom. The maximum Gasteiger partial charge on any atom is 0.316 e. The topological polar surface area (TPSA) is 86.7 Å². The first-order valence-electron chi connectivity index (χ1n) is 8.26. The smallest absolute Gasteiger partial charge is 0.316 e. The number of hydrogen-bond acceptors (Lipinski definition) is 6. The molecular weight excluding hydrogens is 300 g/mol. The average molecular weight is 324 g/mol. The Hall–Kier alpha value is -1.72. The number of ether oxygens (including phenoxy) is 2. The van der Waals surface area contributed by atoms with Crippen molar-refractivity contribution in [3.8, 4) is 0 Å². The Bertz CT molecular complexity index is 444. The normalized spacial score (nSPS) is 30.5. The molecule has 0 heterocycles. The minimum atomic E-state index is -0.556. The fourth-order valence-corrected chi connectivity index (χ4v) is 3.88. The summed E-state index contributed by atoms with van der Waals surface area (Å²) >= 11 is 0. The molecule has 6 nitrogen and oxygen atoms in total. The third-order valence-corrected chi connectivity index (χ3v) is 5.25. The Balaban J connectivity index is 1.81. The molecule has 0 N–H and O–H groups in total. The van der Waals surface area contributed by atoms with Crippen LogP contribution in [-0.4, -0.2) is 23.9 Å². The molecule has 0 aromatic rings. The van der Waals surface area contributed by atoms with Crippen molar-refractivity contribution in [3.63, 3.8) is 0 Å². The van der Waals surface area contributed by atoms with Crippen LogP contribution in [0.3, 0.4) is 0 Å². The highest BCUT2D eigenvalue weighted by molar-refractivity contribution is 5.86. The molecule has 0 atom stereocenters. The van der Waals surface area contributed by atoms with Crippen molar-refractivity contribution >= 4 is 23.9 Å². The Labute approximate surface area is 135 Å². The van der Waals surface area contributed by atoms with Gasteiger partial charge in [0.2, 0.25) is 0 Å². The summed E-state index contributed by atoms with van der Waals surface area (Å²) in [7, 11) is 0. The molecule has 2 fully saturated rings. The lowest BCUT2D eigenvalue weighted by atomic mass is 9.61. The molecule has 0 radical (unpaired) electrons. The molecule has 0 unspecified atom stereocenters.